The fourth-order valence-corrected chi connectivity index (χ4v) is 1.47. The summed E-state index contributed by atoms with van der Waals surface area (Å²) in [5.41, 5.74) is 0. The van der Waals surface area contributed by atoms with Gasteiger partial charge in [-0.2, -0.15) is 11.8 Å². The van der Waals surface area contributed by atoms with E-state index in [1.807, 2.05) is 6.26 Å². The summed E-state index contributed by atoms with van der Waals surface area (Å²) in [4.78, 5) is 0. The Morgan fingerprint density at radius 2 is 2.30 bits per heavy atom. The predicted molar refractivity (Wildman–Crippen MR) is 43.3 cm³/mol. The normalized spacial score (nSPS) is 25.5. The summed E-state index contributed by atoms with van der Waals surface area (Å²) < 4.78 is 0. The Morgan fingerprint density at radius 1 is 1.60 bits per heavy atom. The van der Waals surface area contributed by atoms with Gasteiger partial charge in [0.15, 0.2) is 0 Å². The van der Waals surface area contributed by atoms with E-state index in [1.54, 1.807) is 17.8 Å². The van der Waals surface area contributed by atoms with Gasteiger partial charge < -0.3 is 10.2 Å². The summed E-state index contributed by atoms with van der Waals surface area (Å²) in [6.45, 7) is 0. The first-order valence-electron chi connectivity index (χ1n) is 3.06. The van der Waals surface area contributed by atoms with Crippen LogP contribution in [-0.2, 0) is 0 Å². The lowest BCUT2D eigenvalue weighted by molar-refractivity contribution is 0.368. The maximum absolute atomic E-state index is 9.18. The molecule has 2 N–H and O–H groups in total. The van der Waals surface area contributed by atoms with Crippen LogP contribution in [0.5, 0.6) is 0 Å². The van der Waals surface area contributed by atoms with Crippen LogP contribution in [-0.4, -0.2) is 21.7 Å². The molecule has 0 amide bonds. The zero-order chi connectivity index (χ0) is 7.56. The molecule has 0 aromatic rings. The van der Waals surface area contributed by atoms with Crippen LogP contribution in [0.1, 0.15) is 6.42 Å². The fraction of sp³-hybridized carbons (Fsp3) is 0.429. The van der Waals surface area contributed by atoms with Gasteiger partial charge in [-0.05, 0) is 18.8 Å². The molecule has 1 aliphatic rings. The van der Waals surface area contributed by atoms with Gasteiger partial charge in [-0.25, -0.2) is 0 Å². The van der Waals surface area contributed by atoms with E-state index in [0.717, 1.165) is 6.42 Å². The molecule has 0 spiro atoms. The third kappa shape index (κ3) is 1.48. The van der Waals surface area contributed by atoms with Crippen molar-refractivity contribution in [1.82, 2.24) is 0 Å². The van der Waals surface area contributed by atoms with Crippen molar-refractivity contribution in [2.75, 3.05) is 6.26 Å². The molecule has 0 aromatic carbocycles. The van der Waals surface area contributed by atoms with Gasteiger partial charge in [-0.3, -0.25) is 0 Å². The minimum absolute atomic E-state index is 0.135. The number of aliphatic hydroxyl groups is 2. The molecule has 1 rings (SSSR count). The van der Waals surface area contributed by atoms with E-state index in [2.05, 4.69) is 0 Å². The van der Waals surface area contributed by atoms with Crippen molar-refractivity contribution in [3.05, 3.63) is 23.7 Å². The van der Waals surface area contributed by atoms with Gasteiger partial charge >= 0.3 is 0 Å². The average Bonchev–Trinajstić information content (AvgIpc) is 1.88. The summed E-state index contributed by atoms with van der Waals surface area (Å²) in [6, 6.07) is 0. The van der Waals surface area contributed by atoms with Gasteiger partial charge in [0.25, 0.3) is 0 Å². The SMILES string of the molecule is CSC1CC=C(O)C=C1O. The van der Waals surface area contributed by atoms with Crippen molar-refractivity contribution in [1.29, 1.82) is 0 Å². The van der Waals surface area contributed by atoms with Crippen LogP contribution in [0.25, 0.3) is 0 Å². The van der Waals surface area contributed by atoms with Gasteiger partial charge in [0.1, 0.15) is 11.5 Å². The Hall–Kier alpha value is -0.570. The highest BCUT2D eigenvalue weighted by Gasteiger charge is 2.14. The van der Waals surface area contributed by atoms with Crippen molar-refractivity contribution < 1.29 is 10.2 Å². The van der Waals surface area contributed by atoms with Crippen LogP contribution >= 0.6 is 11.8 Å². The summed E-state index contributed by atoms with van der Waals surface area (Å²) >= 11 is 1.58. The second kappa shape index (κ2) is 3.01. The van der Waals surface area contributed by atoms with Crippen molar-refractivity contribution in [3.8, 4) is 0 Å². The molecule has 0 fully saturated rings. The minimum atomic E-state index is 0.135. The fourth-order valence-electron chi connectivity index (χ4n) is 0.869. The van der Waals surface area contributed by atoms with Gasteiger partial charge in [-0.15, -0.1) is 0 Å². The highest BCUT2D eigenvalue weighted by atomic mass is 32.2. The van der Waals surface area contributed by atoms with Crippen LogP contribution < -0.4 is 0 Å². The Bertz CT molecular complexity index is 184. The van der Waals surface area contributed by atoms with E-state index in [4.69, 9.17) is 5.11 Å². The van der Waals surface area contributed by atoms with Crippen LogP contribution in [0.3, 0.4) is 0 Å². The van der Waals surface area contributed by atoms with Crippen molar-refractivity contribution in [2.24, 2.45) is 0 Å². The molecular weight excluding hydrogens is 148 g/mol. The Morgan fingerprint density at radius 3 is 2.80 bits per heavy atom. The zero-order valence-electron chi connectivity index (χ0n) is 5.74. The maximum atomic E-state index is 9.18. The molecule has 0 aliphatic heterocycles. The molecule has 1 atom stereocenters. The lowest BCUT2D eigenvalue weighted by Gasteiger charge is -2.14. The summed E-state index contributed by atoms with van der Waals surface area (Å²) in [7, 11) is 0. The molecule has 56 valence electrons. The van der Waals surface area contributed by atoms with Crippen LogP contribution in [0.15, 0.2) is 23.7 Å². The first-order valence-corrected chi connectivity index (χ1v) is 4.35. The molecule has 3 heteroatoms. The number of allylic oxidation sites excluding steroid dienone is 2. The summed E-state index contributed by atoms with van der Waals surface area (Å²) in [5, 5.41) is 18.2. The largest absolute Gasteiger partial charge is 0.511 e. The molecule has 0 aromatic heterocycles. The third-order valence-electron chi connectivity index (χ3n) is 1.45. The Kier molecular flexibility index (Phi) is 2.27. The van der Waals surface area contributed by atoms with Gasteiger partial charge in [0, 0.05) is 6.08 Å². The lowest BCUT2D eigenvalue weighted by Crippen LogP contribution is -2.08. The Balaban J connectivity index is 2.68. The summed E-state index contributed by atoms with van der Waals surface area (Å²) in [6.07, 6.45) is 5.76. The highest BCUT2D eigenvalue weighted by Crippen LogP contribution is 2.23. The van der Waals surface area contributed by atoms with E-state index in [9.17, 15) is 5.11 Å². The van der Waals surface area contributed by atoms with E-state index < -0.39 is 0 Å². The second-order valence-electron chi connectivity index (χ2n) is 2.16. The monoisotopic (exact) mass is 158 g/mol. The van der Waals surface area contributed by atoms with Crippen molar-refractivity contribution in [3.63, 3.8) is 0 Å². The highest BCUT2D eigenvalue weighted by molar-refractivity contribution is 7.99. The average molecular weight is 158 g/mol. The maximum Gasteiger partial charge on any atom is 0.115 e. The third-order valence-corrected chi connectivity index (χ3v) is 2.45. The Labute approximate surface area is 64.3 Å². The topological polar surface area (TPSA) is 40.5 Å². The first kappa shape index (κ1) is 7.54. The van der Waals surface area contributed by atoms with E-state index in [0.29, 0.717) is 0 Å². The van der Waals surface area contributed by atoms with Gasteiger partial charge in [-0.1, -0.05) is 0 Å². The zero-order valence-corrected chi connectivity index (χ0v) is 6.56. The molecule has 0 heterocycles. The van der Waals surface area contributed by atoms with Gasteiger partial charge in [0.2, 0.25) is 0 Å². The minimum Gasteiger partial charge on any atom is -0.511 e. The smallest absolute Gasteiger partial charge is 0.115 e. The summed E-state index contributed by atoms with van der Waals surface area (Å²) in [5.74, 6) is 0.440. The lowest BCUT2D eigenvalue weighted by atomic mass is 10.1. The number of aliphatic hydroxyl groups excluding tert-OH is 2. The molecule has 1 unspecified atom stereocenters. The quantitative estimate of drug-likeness (QED) is 0.613. The molecule has 1 aliphatic carbocycles. The molecule has 2 nitrogen and oxygen atoms in total. The molecule has 0 saturated heterocycles. The predicted octanol–water partition coefficient (Wildman–Crippen LogP) is 2.01. The molecule has 10 heavy (non-hydrogen) atoms. The van der Waals surface area contributed by atoms with Gasteiger partial charge in [0.05, 0.1) is 5.25 Å². The molecular formula is C7H10O2S. The number of hydrogen-bond donors (Lipinski definition) is 2. The molecule has 0 radical (unpaired) electrons. The molecule has 0 bridgehead atoms. The van der Waals surface area contributed by atoms with Crippen LogP contribution in [0.2, 0.25) is 0 Å². The second-order valence-corrected chi connectivity index (χ2v) is 3.20. The van der Waals surface area contributed by atoms with E-state index >= 15 is 0 Å². The standard InChI is InChI=1S/C7H10O2S/c1-10-7-3-2-5(8)4-6(7)9/h2,4,7-9H,3H2,1H3. The van der Waals surface area contributed by atoms with E-state index in [-0.39, 0.29) is 16.8 Å². The van der Waals surface area contributed by atoms with Crippen molar-refractivity contribution in [2.45, 2.75) is 11.7 Å². The van der Waals surface area contributed by atoms with E-state index in [1.165, 1.54) is 6.08 Å². The molecule has 0 saturated carbocycles. The van der Waals surface area contributed by atoms with Crippen LogP contribution in [0.4, 0.5) is 0 Å². The van der Waals surface area contributed by atoms with Crippen molar-refractivity contribution >= 4 is 11.8 Å². The first-order chi connectivity index (χ1) is 4.74. The number of thioether (sulfide) groups is 1. The number of hydrogen-bond acceptors (Lipinski definition) is 3. The number of rotatable bonds is 1. The van der Waals surface area contributed by atoms with Crippen LogP contribution in [0, 0.1) is 0 Å².